The van der Waals surface area contributed by atoms with Crippen LogP contribution in [0.3, 0.4) is 0 Å². The molecule has 0 aliphatic carbocycles. The maximum Gasteiger partial charge on any atom is 0.326 e. The van der Waals surface area contributed by atoms with Crippen LogP contribution < -0.4 is 0 Å². The van der Waals surface area contributed by atoms with Crippen LogP contribution in [-0.2, 0) is 31.9 Å². The Morgan fingerprint density at radius 3 is 1.38 bits per heavy atom. The van der Waals surface area contributed by atoms with Crippen molar-refractivity contribution in [1.29, 1.82) is 0 Å². The lowest BCUT2D eigenvalue weighted by Gasteiger charge is -2.19. The van der Waals surface area contributed by atoms with E-state index < -0.39 is 31.5 Å². The Kier molecular flexibility index (Phi) is 8.22. The average molecular weight is 513 g/mol. The molecule has 0 bridgehead atoms. The van der Waals surface area contributed by atoms with Gasteiger partial charge in [0, 0.05) is 36.1 Å². The number of hydrogen-bond acceptors (Lipinski definition) is 8. The number of rotatable bonds is 9. The molecule has 0 radical (unpaired) electrons. The summed E-state index contributed by atoms with van der Waals surface area (Å²) in [5.41, 5.74) is 0.442. The number of esters is 2. The van der Waals surface area contributed by atoms with Gasteiger partial charge in [0.05, 0.1) is 24.1 Å². The Bertz CT molecular complexity index is 1060. The minimum absolute atomic E-state index is 0.168. The zero-order valence-electron chi connectivity index (χ0n) is 18.8. The Morgan fingerprint density at radius 1 is 0.794 bits per heavy atom. The van der Waals surface area contributed by atoms with E-state index in [1.165, 1.54) is 50.2 Å². The van der Waals surface area contributed by atoms with E-state index in [9.17, 15) is 29.8 Å². The molecule has 0 N–H and O–H groups in total. The van der Waals surface area contributed by atoms with E-state index in [-0.39, 0.29) is 35.3 Å². The molecule has 0 aliphatic rings. The predicted octanol–water partition coefficient (Wildman–Crippen LogP) is 4.60. The number of benzene rings is 2. The van der Waals surface area contributed by atoms with Crippen molar-refractivity contribution in [2.24, 2.45) is 0 Å². The molecule has 2 unspecified atom stereocenters. The van der Waals surface area contributed by atoms with Crippen molar-refractivity contribution in [3.05, 3.63) is 67.8 Å². The van der Waals surface area contributed by atoms with E-state index in [4.69, 9.17) is 23.2 Å². The van der Waals surface area contributed by atoms with Gasteiger partial charge in [0.15, 0.2) is 0 Å². The molecule has 0 aromatic heterocycles. The van der Waals surface area contributed by atoms with Crippen molar-refractivity contribution < 1.29 is 28.9 Å². The molecule has 0 saturated carbocycles. The van der Waals surface area contributed by atoms with Gasteiger partial charge in [-0.3, -0.25) is 29.8 Å². The number of nitro groups is 2. The van der Waals surface area contributed by atoms with E-state index in [1.807, 2.05) is 0 Å². The number of carbonyl (C=O) groups excluding carboxylic acids is 2. The number of hydrogen-bond donors (Lipinski definition) is 0. The second-order valence-corrected chi connectivity index (χ2v) is 9.60. The molecule has 0 heterocycles. The molecule has 12 heteroatoms. The molecule has 34 heavy (non-hydrogen) atoms. The second kappa shape index (κ2) is 10.4. The summed E-state index contributed by atoms with van der Waals surface area (Å²) in [6.07, 6.45) is -0.336. The molecule has 0 spiro atoms. The normalized spacial score (nSPS) is 14.4. The molecule has 0 saturated heterocycles. The SMILES string of the molecule is COC(=O)C(C)(Cl)Cc1ccc(-c2ccc(CC(C)(Cl)C(=O)OC)c([N+](=O)[O-])c2)cc1[N+](=O)[O-]. The lowest BCUT2D eigenvalue weighted by molar-refractivity contribution is -0.385. The van der Waals surface area contributed by atoms with Crippen LogP contribution in [0.1, 0.15) is 25.0 Å². The van der Waals surface area contributed by atoms with Gasteiger partial charge in [-0.05, 0) is 25.0 Å². The predicted molar refractivity (Wildman–Crippen MR) is 125 cm³/mol. The molecule has 2 rings (SSSR count). The van der Waals surface area contributed by atoms with E-state index in [1.54, 1.807) is 0 Å². The first-order valence-electron chi connectivity index (χ1n) is 9.83. The summed E-state index contributed by atoms with van der Waals surface area (Å²) in [6, 6.07) is 8.43. The summed E-state index contributed by atoms with van der Waals surface area (Å²) < 4.78 is 9.28. The molecule has 2 aromatic rings. The molecule has 0 aliphatic heterocycles. The van der Waals surface area contributed by atoms with Crippen molar-refractivity contribution in [1.82, 2.24) is 0 Å². The summed E-state index contributed by atoms with van der Waals surface area (Å²) in [5.74, 6) is -1.48. The minimum atomic E-state index is -1.52. The molecule has 182 valence electrons. The third-order valence-electron chi connectivity index (χ3n) is 5.16. The van der Waals surface area contributed by atoms with E-state index in [2.05, 4.69) is 9.47 Å². The quantitative estimate of drug-likeness (QED) is 0.205. The highest BCUT2D eigenvalue weighted by Crippen LogP contribution is 2.35. The molecule has 10 nitrogen and oxygen atoms in total. The second-order valence-electron chi connectivity index (χ2n) is 7.93. The van der Waals surface area contributed by atoms with Crippen LogP contribution in [-0.4, -0.2) is 45.8 Å². The lowest BCUT2D eigenvalue weighted by Crippen LogP contribution is -2.32. The van der Waals surface area contributed by atoms with Crippen molar-refractivity contribution in [2.45, 2.75) is 36.4 Å². The summed E-state index contributed by atoms with van der Waals surface area (Å²) in [6.45, 7) is 2.78. The largest absolute Gasteiger partial charge is 0.468 e. The number of nitrogens with zero attached hydrogens (tertiary/aromatic N) is 2. The van der Waals surface area contributed by atoms with Gasteiger partial charge in [-0.15, -0.1) is 23.2 Å². The van der Waals surface area contributed by atoms with Gasteiger partial charge >= 0.3 is 11.9 Å². The summed E-state index contributed by atoms with van der Waals surface area (Å²) in [4.78, 5) is 42.8. The number of nitro benzene ring substituents is 2. The highest BCUT2D eigenvalue weighted by Gasteiger charge is 2.36. The first-order valence-corrected chi connectivity index (χ1v) is 10.6. The third-order valence-corrected chi connectivity index (χ3v) is 5.74. The standard InChI is InChI=1S/C22H22Cl2N2O8/c1-21(23,19(27)33-3)11-15-7-5-13(9-17(15)25(29)30)14-6-8-16(18(10-14)26(31)32)12-22(2,24)20(28)34-4/h5-10H,11-12H2,1-4H3. The fraction of sp³-hybridized carbons (Fsp3) is 0.364. The van der Waals surface area contributed by atoms with Crippen LogP contribution >= 0.6 is 23.2 Å². The van der Waals surface area contributed by atoms with Crippen LogP contribution in [0.4, 0.5) is 11.4 Å². The van der Waals surface area contributed by atoms with Gasteiger partial charge in [0.25, 0.3) is 11.4 Å². The smallest absolute Gasteiger partial charge is 0.326 e. The van der Waals surface area contributed by atoms with Gasteiger partial charge in [0.1, 0.15) is 9.75 Å². The molecular weight excluding hydrogens is 491 g/mol. The Hall–Kier alpha value is -3.24. The minimum Gasteiger partial charge on any atom is -0.468 e. The Morgan fingerprint density at radius 2 is 1.12 bits per heavy atom. The van der Waals surface area contributed by atoms with Crippen molar-refractivity contribution >= 4 is 46.5 Å². The zero-order chi connectivity index (χ0) is 25.8. The first-order chi connectivity index (χ1) is 15.7. The van der Waals surface area contributed by atoms with Crippen LogP contribution in [0.2, 0.25) is 0 Å². The number of halogens is 2. The summed E-state index contributed by atoms with van der Waals surface area (Å²) in [5, 5.41) is 23.4. The fourth-order valence-corrected chi connectivity index (χ4v) is 3.85. The number of methoxy groups -OCH3 is 2. The molecule has 2 atom stereocenters. The van der Waals surface area contributed by atoms with Crippen LogP contribution in [0.5, 0.6) is 0 Å². The molecule has 2 aromatic carbocycles. The van der Waals surface area contributed by atoms with Crippen LogP contribution in [0, 0.1) is 20.2 Å². The zero-order valence-corrected chi connectivity index (χ0v) is 20.3. The highest BCUT2D eigenvalue weighted by molar-refractivity contribution is 6.34. The average Bonchev–Trinajstić information content (AvgIpc) is 2.77. The molecule has 0 amide bonds. The maximum atomic E-state index is 11.9. The third kappa shape index (κ3) is 6.00. The highest BCUT2D eigenvalue weighted by atomic mass is 35.5. The Balaban J connectivity index is 2.51. The van der Waals surface area contributed by atoms with Gasteiger partial charge in [-0.1, -0.05) is 24.3 Å². The van der Waals surface area contributed by atoms with E-state index in [0.717, 1.165) is 14.2 Å². The van der Waals surface area contributed by atoms with Gasteiger partial charge in [-0.25, -0.2) is 0 Å². The number of ether oxygens (including phenoxy) is 2. The van der Waals surface area contributed by atoms with Crippen molar-refractivity contribution in [2.75, 3.05) is 14.2 Å². The van der Waals surface area contributed by atoms with Gasteiger partial charge in [0.2, 0.25) is 0 Å². The lowest BCUT2D eigenvalue weighted by atomic mass is 9.93. The maximum absolute atomic E-state index is 11.9. The van der Waals surface area contributed by atoms with Gasteiger partial charge in [-0.2, -0.15) is 0 Å². The fourth-order valence-electron chi connectivity index (χ4n) is 3.41. The van der Waals surface area contributed by atoms with E-state index >= 15 is 0 Å². The summed E-state index contributed by atoms with van der Waals surface area (Å²) >= 11 is 12.4. The van der Waals surface area contributed by atoms with Crippen LogP contribution in [0.25, 0.3) is 11.1 Å². The van der Waals surface area contributed by atoms with Crippen LogP contribution in [0.15, 0.2) is 36.4 Å². The monoisotopic (exact) mass is 512 g/mol. The molecule has 0 fully saturated rings. The van der Waals surface area contributed by atoms with Gasteiger partial charge < -0.3 is 9.47 Å². The van der Waals surface area contributed by atoms with Crippen molar-refractivity contribution in [3.8, 4) is 11.1 Å². The Labute approximate surface area is 205 Å². The number of carbonyl (C=O) groups is 2. The topological polar surface area (TPSA) is 139 Å². The molecular formula is C22H22Cl2N2O8. The summed E-state index contributed by atoms with van der Waals surface area (Å²) in [7, 11) is 2.32. The van der Waals surface area contributed by atoms with E-state index in [0.29, 0.717) is 11.1 Å². The van der Waals surface area contributed by atoms with Crippen molar-refractivity contribution in [3.63, 3.8) is 0 Å². The number of alkyl halides is 2. The first kappa shape index (κ1) is 27.0.